The molecule has 7 nitrogen and oxygen atoms in total. The fourth-order valence-corrected chi connectivity index (χ4v) is 3.63. The second kappa shape index (κ2) is 7.53. The minimum atomic E-state index is -0.987. The summed E-state index contributed by atoms with van der Waals surface area (Å²) in [5.41, 5.74) is 0. The lowest BCUT2D eigenvalue weighted by Gasteiger charge is -2.33. The van der Waals surface area contributed by atoms with E-state index >= 15 is 0 Å². The zero-order valence-corrected chi connectivity index (χ0v) is 13.6. The van der Waals surface area contributed by atoms with Gasteiger partial charge in [0, 0.05) is 32.8 Å². The molecule has 0 aliphatic carbocycles. The maximum atomic E-state index is 12.5. The van der Waals surface area contributed by atoms with Crippen LogP contribution in [-0.2, 0) is 9.59 Å². The van der Waals surface area contributed by atoms with Crippen LogP contribution in [0.25, 0.3) is 0 Å². The largest absolute Gasteiger partial charge is 0.480 e. The molecule has 8 heteroatoms. The smallest absolute Gasteiger partial charge is 0.327 e. The van der Waals surface area contributed by atoms with Crippen molar-refractivity contribution in [1.82, 2.24) is 15.1 Å². The van der Waals surface area contributed by atoms with E-state index in [1.54, 1.807) is 7.05 Å². The molecule has 21 heavy (non-hydrogen) atoms. The van der Waals surface area contributed by atoms with Gasteiger partial charge in [-0.2, -0.15) is 0 Å². The van der Waals surface area contributed by atoms with E-state index in [1.807, 2.05) is 13.8 Å². The molecule has 0 aromatic heterocycles. The molecule has 2 atom stereocenters. The van der Waals surface area contributed by atoms with Crippen LogP contribution in [0.5, 0.6) is 0 Å². The predicted octanol–water partition coefficient (Wildman–Crippen LogP) is 0.658. The molecule has 2 unspecified atom stereocenters. The quantitative estimate of drug-likeness (QED) is 0.777. The third-order valence-corrected chi connectivity index (χ3v) is 5.01. The van der Waals surface area contributed by atoms with Crippen molar-refractivity contribution in [2.75, 3.05) is 26.4 Å². The number of rotatable bonds is 5. The number of aliphatic carboxylic acids is 1. The van der Waals surface area contributed by atoms with E-state index in [-0.39, 0.29) is 36.2 Å². The molecule has 1 aliphatic heterocycles. The molecular weight excluding hydrogens is 294 g/mol. The maximum Gasteiger partial charge on any atom is 0.327 e. The van der Waals surface area contributed by atoms with Crippen molar-refractivity contribution in [2.45, 2.75) is 31.7 Å². The zero-order valence-electron chi connectivity index (χ0n) is 12.8. The average Bonchev–Trinajstić information content (AvgIpc) is 2.88. The minimum Gasteiger partial charge on any atom is -0.480 e. The van der Waals surface area contributed by atoms with Gasteiger partial charge in [0.15, 0.2) is 0 Å². The first-order chi connectivity index (χ1) is 9.79. The lowest BCUT2D eigenvalue weighted by molar-refractivity contribution is -0.141. The lowest BCUT2D eigenvalue weighted by atomic mass is 10.1. The van der Waals surface area contributed by atoms with Gasteiger partial charge in [0.25, 0.3) is 0 Å². The SMILES string of the molecule is CNC(=O)CCN(C)C(=O)N1C(C(=O)O)CSC1C(C)C. The van der Waals surface area contributed by atoms with Crippen LogP contribution in [0.3, 0.4) is 0 Å². The van der Waals surface area contributed by atoms with Crippen molar-refractivity contribution in [2.24, 2.45) is 5.92 Å². The predicted molar refractivity (Wildman–Crippen MR) is 81.1 cm³/mol. The highest BCUT2D eigenvalue weighted by Gasteiger charge is 2.43. The standard InChI is InChI=1S/C13H23N3O4S/c1-8(2)11-16(9(7-21-11)12(18)19)13(20)15(4)6-5-10(17)14-3/h8-9,11H,5-7H2,1-4H3,(H,14,17)(H,18,19). The van der Waals surface area contributed by atoms with Gasteiger partial charge in [-0.3, -0.25) is 9.69 Å². The third-order valence-electron chi connectivity index (χ3n) is 3.39. The summed E-state index contributed by atoms with van der Waals surface area (Å²) in [6, 6.07) is -1.15. The molecule has 0 aromatic carbocycles. The van der Waals surface area contributed by atoms with E-state index in [0.717, 1.165) is 0 Å². The van der Waals surface area contributed by atoms with E-state index < -0.39 is 12.0 Å². The van der Waals surface area contributed by atoms with Gasteiger partial charge in [0.05, 0.1) is 5.37 Å². The van der Waals surface area contributed by atoms with Crippen molar-refractivity contribution in [3.05, 3.63) is 0 Å². The molecule has 0 radical (unpaired) electrons. The fourth-order valence-electron chi connectivity index (χ4n) is 2.16. The van der Waals surface area contributed by atoms with Gasteiger partial charge >= 0.3 is 12.0 Å². The number of amides is 3. The van der Waals surface area contributed by atoms with Crippen molar-refractivity contribution in [1.29, 1.82) is 0 Å². The summed E-state index contributed by atoms with van der Waals surface area (Å²) in [5, 5.41) is 11.6. The average molecular weight is 317 g/mol. The molecule has 2 N–H and O–H groups in total. The fraction of sp³-hybridized carbons (Fsp3) is 0.769. The van der Waals surface area contributed by atoms with E-state index in [0.29, 0.717) is 5.75 Å². The van der Waals surface area contributed by atoms with E-state index in [4.69, 9.17) is 0 Å². The molecule has 0 saturated carbocycles. The highest BCUT2D eigenvalue weighted by Crippen LogP contribution is 2.34. The highest BCUT2D eigenvalue weighted by molar-refractivity contribution is 8.00. The van der Waals surface area contributed by atoms with Crippen LogP contribution in [0.2, 0.25) is 0 Å². The molecule has 1 heterocycles. The summed E-state index contributed by atoms with van der Waals surface area (Å²) in [6.07, 6.45) is 0.198. The number of carboxylic acid groups (broad SMARTS) is 1. The van der Waals surface area contributed by atoms with Crippen LogP contribution in [-0.4, -0.2) is 70.6 Å². The van der Waals surface area contributed by atoms with Crippen LogP contribution < -0.4 is 5.32 Å². The van der Waals surface area contributed by atoms with E-state index in [9.17, 15) is 19.5 Å². The van der Waals surface area contributed by atoms with Crippen LogP contribution >= 0.6 is 11.8 Å². The van der Waals surface area contributed by atoms with Gasteiger partial charge in [0.1, 0.15) is 6.04 Å². The highest BCUT2D eigenvalue weighted by atomic mass is 32.2. The van der Waals surface area contributed by atoms with Gasteiger partial charge in [-0.15, -0.1) is 11.8 Å². The minimum absolute atomic E-state index is 0.152. The summed E-state index contributed by atoms with van der Waals surface area (Å²) < 4.78 is 0. The molecule has 0 aromatic rings. The van der Waals surface area contributed by atoms with Crippen molar-refractivity contribution < 1.29 is 19.5 Å². The van der Waals surface area contributed by atoms with Crippen LogP contribution in [0.15, 0.2) is 0 Å². The monoisotopic (exact) mass is 317 g/mol. The third kappa shape index (κ3) is 4.26. The topological polar surface area (TPSA) is 90.0 Å². The number of carbonyl (C=O) groups excluding carboxylic acids is 2. The molecule has 1 fully saturated rings. The van der Waals surface area contributed by atoms with Gasteiger partial charge < -0.3 is 15.3 Å². The Morgan fingerprint density at radius 3 is 2.52 bits per heavy atom. The second-order valence-electron chi connectivity index (χ2n) is 5.36. The lowest BCUT2D eigenvalue weighted by Crippen LogP contribution is -2.52. The molecule has 0 bridgehead atoms. The number of urea groups is 1. The molecular formula is C13H23N3O4S. The maximum absolute atomic E-state index is 12.5. The number of carboxylic acids is 1. The Morgan fingerprint density at radius 2 is 2.05 bits per heavy atom. The first kappa shape index (κ1) is 17.6. The normalized spacial score (nSPS) is 21.5. The molecule has 0 spiro atoms. The van der Waals surface area contributed by atoms with Crippen molar-refractivity contribution in [3.63, 3.8) is 0 Å². The number of carbonyl (C=O) groups is 3. The molecule has 1 saturated heterocycles. The number of nitrogens with zero attached hydrogens (tertiary/aromatic N) is 2. The van der Waals surface area contributed by atoms with Gasteiger partial charge in [-0.25, -0.2) is 9.59 Å². The summed E-state index contributed by atoms with van der Waals surface area (Å²) in [6.45, 7) is 4.19. The number of hydrogen-bond donors (Lipinski definition) is 2. The van der Waals surface area contributed by atoms with E-state index in [2.05, 4.69) is 5.32 Å². The Morgan fingerprint density at radius 1 is 1.43 bits per heavy atom. The first-order valence-corrected chi connectivity index (χ1v) is 7.92. The molecule has 1 aliphatic rings. The Kier molecular flexibility index (Phi) is 6.32. The second-order valence-corrected chi connectivity index (χ2v) is 6.51. The molecule has 120 valence electrons. The van der Waals surface area contributed by atoms with Gasteiger partial charge in [-0.05, 0) is 5.92 Å². The molecule has 1 rings (SSSR count). The van der Waals surface area contributed by atoms with Crippen molar-refractivity contribution >= 4 is 29.7 Å². The number of hydrogen-bond acceptors (Lipinski definition) is 4. The summed E-state index contributed by atoms with van der Waals surface area (Å²) >= 11 is 1.49. The van der Waals surface area contributed by atoms with Crippen molar-refractivity contribution in [3.8, 4) is 0 Å². The number of thioether (sulfide) groups is 1. The van der Waals surface area contributed by atoms with Crippen LogP contribution in [0.4, 0.5) is 4.79 Å². The van der Waals surface area contributed by atoms with Gasteiger partial charge in [-0.1, -0.05) is 13.8 Å². The van der Waals surface area contributed by atoms with Crippen LogP contribution in [0.1, 0.15) is 20.3 Å². The first-order valence-electron chi connectivity index (χ1n) is 6.88. The summed E-state index contributed by atoms with van der Waals surface area (Å²) in [4.78, 5) is 37.9. The van der Waals surface area contributed by atoms with Gasteiger partial charge in [0.2, 0.25) is 5.91 Å². The molecule has 3 amide bonds. The summed E-state index contributed by atoms with van der Waals surface area (Å²) in [5.74, 6) is -0.581. The Bertz CT molecular complexity index is 416. The number of nitrogens with one attached hydrogen (secondary N) is 1. The van der Waals surface area contributed by atoms with Crippen LogP contribution in [0, 0.1) is 5.92 Å². The Balaban J connectivity index is 2.78. The Hall–Kier alpha value is -1.44. The van der Waals surface area contributed by atoms with E-state index in [1.165, 1.54) is 28.6 Å². The summed E-state index contributed by atoms with van der Waals surface area (Å²) in [7, 11) is 3.13. The zero-order chi connectivity index (χ0) is 16.2. The Labute approximate surface area is 129 Å².